The molecule has 0 N–H and O–H groups in total. The molecule has 0 amide bonds. The van der Waals surface area contributed by atoms with E-state index in [0.29, 0.717) is 32.1 Å². The summed E-state index contributed by atoms with van der Waals surface area (Å²) in [6, 6.07) is 10.2. The van der Waals surface area contributed by atoms with Crippen molar-refractivity contribution < 1.29 is 18.7 Å². The highest BCUT2D eigenvalue weighted by Gasteiger charge is 2.33. The Bertz CT molecular complexity index is 1300. The van der Waals surface area contributed by atoms with E-state index in [2.05, 4.69) is 4.99 Å². The van der Waals surface area contributed by atoms with Crippen molar-refractivity contribution in [2.45, 2.75) is 19.9 Å². The first-order valence-electron chi connectivity index (χ1n) is 9.40. The van der Waals surface area contributed by atoms with Crippen molar-refractivity contribution in [2.75, 3.05) is 13.7 Å². The number of hydrogen-bond acceptors (Lipinski definition) is 7. The molecular weight excluding hydrogens is 404 g/mol. The molecule has 8 heteroatoms. The van der Waals surface area contributed by atoms with Crippen molar-refractivity contribution >= 4 is 23.4 Å². The first-order valence-corrected chi connectivity index (χ1v) is 10.2. The predicted molar refractivity (Wildman–Crippen MR) is 112 cm³/mol. The van der Waals surface area contributed by atoms with Crippen LogP contribution in [-0.2, 0) is 9.53 Å². The summed E-state index contributed by atoms with van der Waals surface area (Å²) in [5.41, 5.74) is 1.34. The Morgan fingerprint density at radius 2 is 2.17 bits per heavy atom. The summed E-state index contributed by atoms with van der Waals surface area (Å²) in [6.07, 6.45) is 3.22. The van der Waals surface area contributed by atoms with Crippen LogP contribution in [0.2, 0.25) is 0 Å². The zero-order valence-electron chi connectivity index (χ0n) is 16.7. The molecule has 154 valence electrons. The lowest BCUT2D eigenvalue weighted by molar-refractivity contribution is -0.139. The summed E-state index contributed by atoms with van der Waals surface area (Å²) in [6.45, 7) is 3.72. The Hall–Kier alpha value is -3.39. The third-order valence-electron chi connectivity index (χ3n) is 4.74. The van der Waals surface area contributed by atoms with E-state index in [0.717, 1.165) is 5.56 Å². The average molecular weight is 424 g/mol. The van der Waals surface area contributed by atoms with Gasteiger partial charge in [0.05, 0.1) is 41.8 Å². The minimum absolute atomic E-state index is 0.226. The monoisotopic (exact) mass is 424 g/mol. The number of thiazole rings is 1. The van der Waals surface area contributed by atoms with E-state index in [1.54, 1.807) is 45.4 Å². The van der Waals surface area contributed by atoms with Crippen molar-refractivity contribution in [1.82, 2.24) is 4.57 Å². The highest BCUT2D eigenvalue weighted by molar-refractivity contribution is 7.07. The van der Waals surface area contributed by atoms with Gasteiger partial charge in [-0.2, -0.15) is 0 Å². The number of carbonyl (C=O) groups excluding carboxylic acids is 1. The lowest BCUT2D eigenvalue weighted by atomic mass is 9.95. The van der Waals surface area contributed by atoms with Gasteiger partial charge in [-0.05, 0) is 43.7 Å². The summed E-state index contributed by atoms with van der Waals surface area (Å²) in [4.78, 5) is 31.2. The normalized spacial score (nSPS) is 16.2. The topological polar surface area (TPSA) is 83.0 Å². The molecule has 0 unspecified atom stereocenters. The fraction of sp³-hybridized carbons (Fsp3) is 0.227. The number of rotatable bonds is 5. The van der Waals surface area contributed by atoms with Gasteiger partial charge in [-0.1, -0.05) is 23.5 Å². The van der Waals surface area contributed by atoms with Gasteiger partial charge in [0, 0.05) is 6.08 Å². The number of carbonyl (C=O) groups is 1. The zero-order chi connectivity index (χ0) is 21.3. The summed E-state index contributed by atoms with van der Waals surface area (Å²) in [7, 11) is 1.57. The summed E-state index contributed by atoms with van der Waals surface area (Å²) in [5, 5.41) is 0. The third kappa shape index (κ3) is 3.50. The van der Waals surface area contributed by atoms with Crippen LogP contribution in [0.4, 0.5) is 0 Å². The molecule has 3 heterocycles. The lowest BCUT2D eigenvalue weighted by Gasteiger charge is -2.24. The average Bonchev–Trinajstić information content (AvgIpc) is 3.35. The smallest absolute Gasteiger partial charge is 0.338 e. The number of allylic oxidation sites excluding steroid dienone is 1. The van der Waals surface area contributed by atoms with Crippen LogP contribution in [0.15, 0.2) is 68.1 Å². The predicted octanol–water partition coefficient (Wildman–Crippen LogP) is 2.40. The largest absolute Gasteiger partial charge is 0.497 e. The molecule has 3 aromatic rings. The number of nitrogens with zero attached hydrogens (tertiary/aromatic N) is 2. The molecule has 4 rings (SSSR count). The second kappa shape index (κ2) is 8.16. The van der Waals surface area contributed by atoms with Crippen molar-refractivity contribution in [3.05, 3.63) is 84.9 Å². The molecule has 0 saturated carbocycles. The van der Waals surface area contributed by atoms with Crippen molar-refractivity contribution in [2.24, 2.45) is 4.99 Å². The van der Waals surface area contributed by atoms with E-state index < -0.39 is 12.0 Å². The molecule has 30 heavy (non-hydrogen) atoms. The van der Waals surface area contributed by atoms with Crippen LogP contribution in [0.1, 0.15) is 31.2 Å². The maximum absolute atomic E-state index is 13.3. The van der Waals surface area contributed by atoms with E-state index in [1.165, 1.54) is 15.9 Å². The van der Waals surface area contributed by atoms with Gasteiger partial charge in [0.25, 0.3) is 5.56 Å². The van der Waals surface area contributed by atoms with Crippen LogP contribution in [0.5, 0.6) is 5.75 Å². The Kier molecular flexibility index (Phi) is 5.41. The molecule has 2 aromatic heterocycles. The molecule has 0 saturated heterocycles. The van der Waals surface area contributed by atoms with Gasteiger partial charge < -0.3 is 13.9 Å². The van der Waals surface area contributed by atoms with Gasteiger partial charge in [-0.15, -0.1) is 0 Å². The molecule has 0 radical (unpaired) electrons. The number of benzene rings is 1. The maximum atomic E-state index is 13.3. The number of esters is 1. The van der Waals surface area contributed by atoms with E-state index in [-0.39, 0.29) is 12.2 Å². The summed E-state index contributed by atoms with van der Waals surface area (Å²) >= 11 is 1.25. The fourth-order valence-electron chi connectivity index (χ4n) is 3.42. The minimum atomic E-state index is -0.672. The maximum Gasteiger partial charge on any atom is 0.338 e. The second-order valence-electron chi connectivity index (χ2n) is 6.59. The summed E-state index contributed by atoms with van der Waals surface area (Å²) in [5.74, 6) is 0.703. The molecule has 1 aliphatic rings. The highest BCUT2D eigenvalue weighted by Crippen LogP contribution is 2.32. The van der Waals surface area contributed by atoms with Crippen LogP contribution in [-0.4, -0.2) is 24.3 Å². The zero-order valence-corrected chi connectivity index (χ0v) is 17.6. The van der Waals surface area contributed by atoms with Crippen LogP contribution in [0.3, 0.4) is 0 Å². The Morgan fingerprint density at radius 1 is 1.33 bits per heavy atom. The second-order valence-corrected chi connectivity index (χ2v) is 7.60. The molecule has 0 aliphatic carbocycles. The van der Waals surface area contributed by atoms with Crippen molar-refractivity contribution in [3.63, 3.8) is 0 Å². The minimum Gasteiger partial charge on any atom is -0.497 e. The molecule has 0 bridgehead atoms. The number of methoxy groups -OCH3 is 1. The van der Waals surface area contributed by atoms with E-state index in [9.17, 15) is 9.59 Å². The summed E-state index contributed by atoms with van der Waals surface area (Å²) < 4.78 is 18.0. The van der Waals surface area contributed by atoms with Gasteiger partial charge in [-0.25, -0.2) is 9.79 Å². The first kappa shape index (κ1) is 19.9. The fourth-order valence-corrected chi connectivity index (χ4v) is 4.45. The van der Waals surface area contributed by atoms with Gasteiger partial charge in [0.2, 0.25) is 0 Å². The molecule has 1 atom stereocenters. The van der Waals surface area contributed by atoms with Crippen molar-refractivity contribution in [3.8, 4) is 5.75 Å². The molecule has 0 spiro atoms. The Morgan fingerprint density at radius 3 is 2.87 bits per heavy atom. The first-order chi connectivity index (χ1) is 14.5. The highest BCUT2D eigenvalue weighted by atomic mass is 32.1. The Labute approximate surface area is 176 Å². The van der Waals surface area contributed by atoms with Gasteiger partial charge >= 0.3 is 5.97 Å². The van der Waals surface area contributed by atoms with Crippen molar-refractivity contribution in [1.29, 1.82) is 0 Å². The SMILES string of the molecule is CCOC(=O)C1=C(C)N=c2s/c(=C/c3ccco3)c(=O)n2[C@@H]1c1cccc(OC)c1. The molecular formula is C22H20N2O5S. The van der Waals surface area contributed by atoms with Crippen LogP contribution < -0.4 is 19.6 Å². The lowest BCUT2D eigenvalue weighted by Crippen LogP contribution is -2.39. The number of hydrogen-bond donors (Lipinski definition) is 0. The third-order valence-corrected chi connectivity index (χ3v) is 5.73. The molecule has 1 aliphatic heterocycles. The molecule has 7 nitrogen and oxygen atoms in total. The quantitative estimate of drug-likeness (QED) is 0.588. The van der Waals surface area contributed by atoms with Crippen LogP contribution in [0.25, 0.3) is 6.08 Å². The van der Waals surface area contributed by atoms with Crippen LogP contribution in [0, 0.1) is 0 Å². The number of furan rings is 1. The number of ether oxygens (including phenoxy) is 2. The van der Waals surface area contributed by atoms with Gasteiger partial charge in [-0.3, -0.25) is 9.36 Å². The molecule has 0 fully saturated rings. The van der Waals surface area contributed by atoms with Gasteiger partial charge in [0.15, 0.2) is 4.80 Å². The van der Waals surface area contributed by atoms with E-state index in [4.69, 9.17) is 13.9 Å². The van der Waals surface area contributed by atoms with Crippen LogP contribution >= 0.6 is 11.3 Å². The Balaban J connectivity index is 1.98. The number of fused-ring (bicyclic) bond motifs is 1. The number of aromatic nitrogens is 1. The van der Waals surface area contributed by atoms with E-state index in [1.807, 2.05) is 24.3 Å². The standard InChI is InChI=1S/C22H20N2O5S/c1-4-28-21(26)18-13(2)23-22-24(19(18)14-7-5-8-15(11-14)27-3)20(25)17(30-22)12-16-9-6-10-29-16/h5-12,19H,4H2,1-3H3/b17-12+/t19-/m1/s1. The molecule has 1 aromatic carbocycles. The van der Waals surface area contributed by atoms with Gasteiger partial charge in [0.1, 0.15) is 11.5 Å². The van der Waals surface area contributed by atoms with E-state index >= 15 is 0 Å².